The first-order valence-electron chi connectivity index (χ1n) is 6.39. The van der Waals surface area contributed by atoms with Crippen molar-refractivity contribution in [2.24, 2.45) is 5.73 Å². The van der Waals surface area contributed by atoms with Gasteiger partial charge in [-0.1, -0.05) is 36.8 Å². The molecule has 0 aliphatic carbocycles. The van der Waals surface area contributed by atoms with Gasteiger partial charge < -0.3 is 5.73 Å². The number of benzene rings is 1. The summed E-state index contributed by atoms with van der Waals surface area (Å²) >= 11 is 0. The predicted octanol–water partition coefficient (Wildman–Crippen LogP) is 2.24. The zero-order valence-corrected chi connectivity index (χ0v) is 11.0. The zero-order chi connectivity index (χ0) is 13.0. The van der Waals surface area contributed by atoms with E-state index in [-0.39, 0.29) is 6.04 Å². The Morgan fingerprint density at radius 2 is 2.00 bits per heavy atom. The summed E-state index contributed by atoms with van der Waals surface area (Å²) in [6, 6.07) is 8.32. The molecule has 0 fully saturated rings. The van der Waals surface area contributed by atoms with Crippen molar-refractivity contribution in [1.82, 2.24) is 14.8 Å². The van der Waals surface area contributed by atoms with Crippen LogP contribution >= 0.6 is 0 Å². The third kappa shape index (κ3) is 2.96. The van der Waals surface area contributed by atoms with Crippen LogP contribution < -0.4 is 5.73 Å². The lowest BCUT2D eigenvalue weighted by Gasteiger charge is -2.12. The van der Waals surface area contributed by atoms with Crippen molar-refractivity contribution in [2.75, 3.05) is 0 Å². The minimum absolute atomic E-state index is 0.0228. The Labute approximate surface area is 108 Å². The van der Waals surface area contributed by atoms with Gasteiger partial charge in [-0.2, -0.15) is 5.10 Å². The minimum atomic E-state index is -0.0228. The number of hydrogen-bond donors (Lipinski definition) is 1. The van der Waals surface area contributed by atoms with Crippen LogP contribution in [-0.2, 0) is 13.0 Å². The molecule has 1 aromatic heterocycles. The molecule has 0 amide bonds. The fourth-order valence-electron chi connectivity index (χ4n) is 1.97. The van der Waals surface area contributed by atoms with Crippen LogP contribution in [0.1, 0.15) is 36.3 Å². The summed E-state index contributed by atoms with van der Waals surface area (Å²) < 4.78 is 1.94. The molecule has 0 saturated heterocycles. The molecule has 2 rings (SSSR count). The van der Waals surface area contributed by atoms with Gasteiger partial charge in [0.1, 0.15) is 12.2 Å². The van der Waals surface area contributed by atoms with Crippen molar-refractivity contribution in [3.05, 3.63) is 47.5 Å². The van der Waals surface area contributed by atoms with Crippen molar-refractivity contribution in [3.63, 3.8) is 0 Å². The maximum atomic E-state index is 6.22. The van der Waals surface area contributed by atoms with E-state index < -0.39 is 0 Å². The standard InChI is InChI=1S/C14H20N4/c1-3-8-18-14(16-10-17-18)9-13(15)12-6-4-11(2)5-7-12/h4-7,10,13H,3,8-9,15H2,1-2H3. The first-order chi connectivity index (χ1) is 8.70. The lowest BCUT2D eigenvalue weighted by molar-refractivity contribution is 0.548. The highest BCUT2D eigenvalue weighted by atomic mass is 15.3. The minimum Gasteiger partial charge on any atom is -0.324 e. The topological polar surface area (TPSA) is 56.7 Å². The summed E-state index contributed by atoms with van der Waals surface area (Å²) in [4.78, 5) is 4.29. The van der Waals surface area contributed by atoms with Gasteiger partial charge in [-0.15, -0.1) is 0 Å². The van der Waals surface area contributed by atoms with E-state index in [1.54, 1.807) is 6.33 Å². The molecule has 4 heteroatoms. The van der Waals surface area contributed by atoms with Crippen molar-refractivity contribution >= 4 is 0 Å². The third-order valence-electron chi connectivity index (χ3n) is 3.04. The van der Waals surface area contributed by atoms with Crippen molar-refractivity contribution < 1.29 is 0 Å². The maximum absolute atomic E-state index is 6.22. The van der Waals surface area contributed by atoms with Gasteiger partial charge >= 0.3 is 0 Å². The van der Waals surface area contributed by atoms with Crippen molar-refractivity contribution in [1.29, 1.82) is 0 Å². The van der Waals surface area contributed by atoms with Crippen LogP contribution in [-0.4, -0.2) is 14.8 Å². The smallest absolute Gasteiger partial charge is 0.138 e. The second-order valence-electron chi connectivity index (χ2n) is 4.62. The molecule has 2 N–H and O–H groups in total. The predicted molar refractivity (Wildman–Crippen MR) is 72.1 cm³/mol. The molecule has 0 saturated carbocycles. The number of hydrogen-bond acceptors (Lipinski definition) is 3. The number of aryl methyl sites for hydroxylation is 2. The van der Waals surface area contributed by atoms with E-state index in [0.29, 0.717) is 0 Å². The van der Waals surface area contributed by atoms with Gasteiger partial charge in [-0.3, -0.25) is 4.68 Å². The largest absolute Gasteiger partial charge is 0.324 e. The second-order valence-corrected chi connectivity index (χ2v) is 4.62. The fourth-order valence-corrected chi connectivity index (χ4v) is 1.97. The molecule has 1 heterocycles. The zero-order valence-electron chi connectivity index (χ0n) is 11.0. The number of nitrogens with zero attached hydrogens (tertiary/aromatic N) is 3. The monoisotopic (exact) mass is 244 g/mol. The van der Waals surface area contributed by atoms with Gasteiger partial charge in [0.25, 0.3) is 0 Å². The van der Waals surface area contributed by atoms with Gasteiger partial charge in [0.05, 0.1) is 0 Å². The first-order valence-corrected chi connectivity index (χ1v) is 6.39. The lowest BCUT2D eigenvalue weighted by Crippen LogP contribution is -2.17. The second kappa shape index (κ2) is 5.78. The molecular formula is C14H20N4. The van der Waals surface area contributed by atoms with Crippen molar-refractivity contribution in [2.45, 2.75) is 39.3 Å². The van der Waals surface area contributed by atoms with Crippen LogP contribution in [0.2, 0.25) is 0 Å². The van der Waals surface area contributed by atoms with E-state index in [1.807, 2.05) is 4.68 Å². The Morgan fingerprint density at radius 3 is 2.67 bits per heavy atom. The van der Waals surface area contributed by atoms with Crippen molar-refractivity contribution in [3.8, 4) is 0 Å². The van der Waals surface area contributed by atoms with Gasteiger partial charge in [0.15, 0.2) is 0 Å². The van der Waals surface area contributed by atoms with E-state index in [4.69, 9.17) is 5.73 Å². The molecule has 0 aliphatic rings. The van der Waals surface area contributed by atoms with Crippen LogP contribution in [0.15, 0.2) is 30.6 Å². The summed E-state index contributed by atoms with van der Waals surface area (Å²) in [7, 11) is 0. The molecule has 1 unspecified atom stereocenters. The van der Waals surface area contributed by atoms with Crippen LogP contribution in [0.25, 0.3) is 0 Å². The first kappa shape index (κ1) is 12.8. The lowest BCUT2D eigenvalue weighted by atomic mass is 10.0. The Hall–Kier alpha value is -1.68. The van der Waals surface area contributed by atoms with Gasteiger partial charge in [-0.25, -0.2) is 4.98 Å². The summed E-state index contributed by atoms with van der Waals surface area (Å²) in [5.74, 6) is 0.963. The molecule has 4 nitrogen and oxygen atoms in total. The molecule has 1 atom stereocenters. The highest BCUT2D eigenvalue weighted by molar-refractivity contribution is 5.24. The van der Waals surface area contributed by atoms with Gasteiger partial charge in [0.2, 0.25) is 0 Å². The SMILES string of the molecule is CCCn1ncnc1CC(N)c1ccc(C)cc1. The average molecular weight is 244 g/mol. The summed E-state index contributed by atoms with van der Waals surface area (Å²) in [6.07, 6.45) is 3.38. The number of nitrogens with two attached hydrogens (primary N) is 1. The number of rotatable bonds is 5. The van der Waals surface area contributed by atoms with E-state index in [1.165, 1.54) is 5.56 Å². The quantitative estimate of drug-likeness (QED) is 0.877. The maximum Gasteiger partial charge on any atom is 0.138 e. The van der Waals surface area contributed by atoms with Crippen LogP contribution in [0.3, 0.4) is 0 Å². The summed E-state index contributed by atoms with van der Waals surface area (Å²) in [6.45, 7) is 5.11. The molecule has 18 heavy (non-hydrogen) atoms. The Morgan fingerprint density at radius 1 is 1.28 bits per heavy atom. The normalized spacial score (nSPS) is 12.6. The highest BCUT2D eigenvalue weighted by Crippen LogP contribution is 2.15. The number of aromatic nitrogens is 3. The van der Waals surface area contributed by atoms with E-state index in [9.17, 15) is 0 Å². The molecule has 0 aliphatic heterocycles. The molecule has 0 radical (unpaired) electrons. The molecule has 0 spiro atoms. The Bertz CT molecular complexity index is 487. The summed E-state index contributed by atoms with van der Waals surface area (Å²) in [5, 5.41) is 4.22. The third-order valence-corrected chi connectivity index (χ3v) is 3.04. The molecule has 2 aromatic rings. The fraction of sp³-hybridized carbons (Fsp3) is 0.429. The Kier molecular flexibility index (Phi) is 4.10. The highest BCUT2D eigenvalue weighted by Gasteiger charge is 2.11. The molecule has 0 bridgehead atoms. The van der Waals surface area contributed by atoms with E-state index in [2.05, 4.69) is 48.2 Å². The van der Waals surface area contributed by atoms with E-state index in [0.717, 1.165) is 30.8 Å². The van der Waals surface area contributed by atoms with Crippen LogP contribution in [0, 0.1) is 6.92 Å². The van der Waals surface area contributed by atoms with Crippen LogP contribution in [0.5, 0.6) is 0 Å². The van der Waals surface area contributed by atoms with Gasteiger partial charge in [0, 0.05) is 19.0 Å². The molecule has 1 aromatic carbocycles. The Balaban J connectivity index is 2.08. The average Bonchev–Trinajstić information content (AvgIpc) is 2.78. The van der Waals surface area contributed by atoms with Crippen LogP contribution in [0.4, 0.5) is 0 Å². The van der Waals surface area contributed by atoms with Gasteiger partial charge in [-0.05, 0) is 18.9 Å². The molecule has 96 valence electrons. The molecular weight excluding hydrogens is 224 g/mol. The van der Waals surface area contributed by atoms with E-state index >= 15 is 0 Å². The summed E-state index contributed by atoms with van der Waals surface area (Å²) in [5.41, 5.74) is 8.62.